The number of rotatable bonds is 2. The Morgan fingerprint density at radius 1 is 1.00 bits per heavy atom. The van der Waals surface area contributed by atoms with Crippen molar-refractivity contribution in [3.05, 3.63) is 46.3 Å². The van der Waals surface area contributed by atoms with Crippen molar-refractivity contribution in [2.45, 2.75) is 0 Å². The van der Waals surface area contributed by atoms with Gasteiger partial charge in [0.2, 0.25) is 5.95 Å². The van der Waals surface area contributed by atoms with Crippen LogP contribution >= 0.6 is 22.6 Å². The van der Waals surface area contributed by atoms with Gasteiger partial charge in [0.05, 0.1) is 5.69 Å². The first-order valence-electron chi connectivity index (χ1n) is 4.15. The quantitative estimate of drug-likeness (QED) is 0.866. The Bertz CT molecular complexity index is 417. The van der Waals surface area contributed by atoms with Gasteiger partial charge in [-0.1, -0.05) is 12.1 Å². The Hall–Kier alpha value is -1.17. The predicted octanol–water partition coefficient (Wildman–Crippen LogP) is 2.82. The average molecular weight is 297 g/mol. The summed E-state index contributed by atoms with van der Waals surface area (Å²) in [6, 6.07) is 9.80. The SMILES string of the molecule is Ic1ccccc1Nc1ncccn1. The molecule has 2 rings (SSSR count). The summed E-state index contributed by atoms with van der Waals surface area (Å²) in [6.45, 7) is 0. The van der Waals surface area contributed by atoms with Gasteiger partial charge in [0, 0.05) is 16.0 Å². The minimum absolute atomic E-state index is 0.622. The first-order chi connectivity index (χ1) is 6.86. The number of nitrogens with one attached hydrogen (secondary N) is 1. The van der Waals surface area contributed by atoms with Crippen molar-refractivity contribution in [3.8, 4) is 0 Å². The van der Waals surface area contributed by atoms with E-state index in [0.29, 0.717) is 5.95 Å². The predicted molar refractivity (Wildman–Crippen MR) is 64.5 cm³/mol. The number of anilines is 2. The normalized spacial score (nSPS) is 9.79. The van der Waals surface area contributed by atoms with Gasteiger partial charge in [-0.25, -0.2) is 9.97 Å². The summed E-state index contributed by atoms with van der Waals surface area (Å²) in [5, 5.41) is 3.14. The molecule has 0 saturated heterocycles. The van der Waals surface area contributed by atoms with E-state index in [1.165, 1.54) is 0 Å². The van der Waals surface area contributed by atoms with Crippen LogP contribution in [0.2, 0.25) is 0 Å². The molecule has 3 nitrogen and oxygen atoms in total. The first kappa shape index (κ1) is 9.39. The maximum Gasteiger partial charge on any atom is 0.227 e. The molecule has 0 aliphatic heterocycles. The van der Waals surface area contributed by atoms with Gasteiger partial charge in [-0.3, -0.25) is 0 Å². The van der Waals surface area contributed by atoms with E-state index in [9.17, 15) is 0 Å². The standard InChI is InChI=1S/C10H8IN3/c11-8-4-1-2-5-9(8)14-10-12-6-3-7-13-10/h1-7H,(H,12,13,14). The summed E-state index contributed by atoms with van der Waals surface area (Å²) < 4.78 is 1.15. The smallest absolute Gasteiger partial charge is 0.227 e. The number of halogens is 1. The number of hydrogen-bond donors (Lipinski definition) is 1. The summed E-state index contributed by atoms with van der Waals surface area (Å²) >= 11 is 2.27. The second-order valence-electron chi connectivity index (χ2n) is 2.68. The van der Waals surface area contributed by atoms with E-state index in [0.717, 1.165) is 9.26 Å². The van der Waals surface area contributed by atoms with Crippen LogP contribution in [0.1, 0.15) is 0 Å². The highest BCUT2D eigenvalue weighted by molar-refractivity contribution is 14.1. The maximum absolute atomic E-state index is 4.09. The van der Waals surface area contributed by atoms with Crippen molar-refractivity contribution >= 4 is 34.2 Å². The van der Waals surface area contributed by atoms with Crippen molar-refractivity contribution in [2.24, 2.45) is 0 Å². The summed E-state index contributed by atoms with van der Waals surface area (Å²) in [7, 11) is 0. The number of hydrogen-bond acceptors (Lipinski definition) is 3. The lowest BCUT2D eigenvalue weighted by Crippen LogP contribution is -1.96. The van der Waals surface area contributed by atoms with Gasteiger partial charge in [-0.15, -0.1) is 0 Å². The molecule has 14 heavy (non-hydrogen) atoms. The van der Waals surface area contributed by atoms with E-state index < -0.39 is 0 Å². The van der Waals surface area contributed by atoms with Gasteiger partial charge >= 0.3 is 0 Å². The van der Waals surface area contributed by atoms with Crippen molar-refractivity contribution in [1.82, 2.24) is 9.97 Å². The molecule has 0 bridgehead atoms. The molecule has 1 aromatic carbocycles. The zero-order valence-electron chi connectivity index (χ0n) is 7.31. The van der Waals surface area contributed by atoms with Crippen LogP contribution in [0.3, 0.4) is 0 Å². The molecule has 0 radical (unpaired) electrons. The molecule has 0 amide bonds. The Morgan fingerprint density at radius 3 is 2.43 bits per heavy atom. The zero-order chi connectivity index (χ0) is 9.80. The molecule has 0 atom stereocenters. The second-order valence-corrected chi connectivity index (χ2v) is 3.84. The fourth-order valence-corrected chi connectivity index (χ4v) is 1.57. The summed E-state index contributed by atoms with van der Waals surface area (Å²) in [5.41, 5.74) is 1.03. The van der Waals surface area contributed by atoms with E-state index in [1.54, 1.807) is 18.5 Å². The lowest BCUT2D eigenvalue weighted by atomic mass is 10.3. The third kappa shape index (κ3) is 2.20. The molecule has 4 heteroatoms. The van der Waals surface area contributed by atoms with Crippen LogP contribution in [0.15, 0.2) is 42.7 Å². The van der Waals surface area contributed by atoms with Gasteiger partial charge in [-0.2, -0.15) is 0 Å². The van der Waals surface area contributed by atoms with Gasteiger partial charge in [0.1, 0.15) is 0 Å². The van der Waals surface area contributed by atoms with Crippen molar-refractivity contribution in [3.63, 3.8) is 0 Å². The summed E-state index contributed by atoms with van der Waals surface area (Å²) in [5.74, 6) is 0.622. The lowest BCUT2D eigenvalue weighted by Gasteiger charge is -2.05. The van der Waals surface area contributed by atoms with Crippen LogP contribution in [0.25, 0.3) is 0 Å². The minimum atomic E-state index is 0.622. The van der Waals surface area contributed by atoms with Crippen LogP contribution in [0.5, 0.6) is 0 Å². The highest BCUT2D eigenvalue weighted by atomic mass is 127. The molecule has 0 unspecified atom stereocenters. The molecule has 1 heterocycles. The molecule has 0 aliphatic rings. The summed E-state index contributed by atoms with van der Waals surface area (Å²) in [4.78, 5) is 8.18. The fourth-order valence-electron chi connectivity index (χ4n) is 1.05. The monoisotopic (exact) mass is 297 g/mol. The maximum atomic E-state index is 4.09. The zero-order valence-corrected chi connectivity index (χ0v) is 9.47. The highest BCUT2D eigenvalue weighted by Crippen LogP contribution is 2.19. The molecule has 0 aliphatic carbocycles. The topological polar surface area (TPSA) is 37.8 Å². The van der Waals surface area contributed by atoms with Crippen LogP contribution in [0, 0.1) is 3.57 Å². The van der Waals surface area contributed by atoms with Crippen molar-refractivity contribution in [1.29, 1.82) is 0 Å². The van der Waals surface area contributed by atoms with Gasteiger partial charge < -0.3 is 5.32 Å². The Balaban J connectivity index is 2.24. The number of aromatic nitrogens is 2. The molecule has 2 aromatic rings. The minimum Gasteiger partial charge on any atom is -0.323 e. The van der Waals surface area contributed by atoms with E-state index in [4.69, 9.17) is 0 Å². The number of para-hydroxylation sites is 1. The molecular formula is C10H8IN3. The van der Waals surface area contributed by atoms with E-state index in [2.05, 4.69) is 37.9 Å². The summed E-state index contributed by atoms with van der Waals surface area (Å²) in [6.07, 6.45) is 3.43. The largest absolute Gasteiger partial charge is 0.323 e. The van der Waals surface area contributed by atoms with Gasteiger partial charge in [0.25, 0.3) is 0 Å². The number of nitrogens with zero attached hydrogens (tertiary/aromatic N) is 2. The van der Waals surface area contributed by atoms with Crippen LogP contribution in [-0.4, -0.2) is 9.97 Å². The molecule has 0 fully saturated rings. The Morgan fingerprint density at radius 2 is 1.71 bits per heavy atom. The molecular weight excluding hydrogens is 289 g/mol. The molecule has 1 N–H and O–H groups in total. The molecule has 70 valence electrons. The molecule has 0 saturated carbocycles. The average Bonchev–Trinajstić information content (AvgIpc) is 2.23. The third-order valence-corrected chi connectivity index (χ3v) is 2.63. The Labute approximate surface area is 95.7 Å². The van der Waals surface area contributed by atoms with Crippen LogP contribution in [-0.2, 0) is 0 Å². The first-order valence-corrected chi connectivity index (χ1v) is 5.23. The van der Waals surface area contributed by atoms with Crippen molar-refractivity contribution in [2.75, 3.05) is 5.32 Å². The molecule has 0 spiro atoms. The molecule has 1 aromatic heterocycles. The van der Waals surface area contributed by atoms with E-state index in [1.807, 2.05) is 24.3 Å². The fraction of sp³-hybridized carbons (Fsp3) is 0. The van der Waals surface area contributed by atoms with Crippen LogP contribution in [0.4, 0.5) is 11.6 Å². The second kappa shape index (κ2) is 4.36. The third-order valence-electron chi connectivity index (χ3n) is 1.69. The Kier molecular flexibility index (Phi) is 2.93. The van der Waals surface area contributed by atoms with E-state index >= 15 is 0 Å². The number of benzene rings is 1. The van der Waals surface area contributed by atoms with E-state index in [-0.39, 0.29) is 0 Å². The van der Waals surface area contributed by atoms with Crippen molar-refractivity contribution < 1.29 is 0 Å². The van der Waals surface area contributed by atoms with Gasteiger partial charge in [-0.05, 0) is 40.8 Å². The lowest BCUT2D eigenvalue weighted by molar-refractivity contribution is 1.16. The highest BCUT2D eigenvalue weighted by Gasteiger charge is 1.98. The van der Waals surface area contributed by atoms with Gasteiger partial charge in [0.15, 0.2) is 0 Å². The van der Waals surface area contributed by atoms with Crippen LogP contribution < -0.4 is 5.32 Å².